The molecule has 1 aromatic heterocycles. The summed E-state index contributed by atoms with van der Waals surface area (Å²) in [5, 5.41) is 13.8. The van der Waals surface area contributed by atoms with Crippen molar-refractivity contribution in [2.24, 2.45) is 0 Å². The van der Waals surface area contributed by atoms with Gasteiger partial charge in [0, 0.05) is 28.9 Å². The minimum atomic E-state index is -0.527. The molecule has 156 valence electrons. The number of fused-ring (bicyclic) bond motifs is 1. The van der Waals surface area contributed by atoms with E-state index < -0.39 is 10.8 Å². The van der Waals surface area contributed by atoms with Crippen LogP contribution >= 0.6 is 0 Å². The van der Waals surface area contributed by atoms with E-state index in [1.807, 2.05) is 37.3 Å². The number of non-ortho nitro benzene ring substituents is 1. The molecule has 0 aliphatic rings. The molecule has 0 fully saturated rings. The Bertz CT molecular complexity index is 1310. The average molecular weight is 415 g/mol. The lowest BCUT2D eigenvalue weighted by molar-refractivity contribution is -0.384. The molecule has 7 nitrogen and oxygen atoms in total. The lowest BCUT2D eigenvalue weighted by atomic mass is 10.0. The van der Waals surface area contributed by atoms with Gasteiger partial charge >= 0.3 is 0 Å². The van der Waals surface area contributed by atoms with Gasteiger partial charge in [0.1, 0.15) is 5.52 Å². The van der Waals surface area contributed by atoms with Crippen LogP contribution in [0.15, 0.2) is 65.1 Å². The molecule has 0 aliphatic carbocycles. The van der Waals surface area contributed by atoms with Crippen LogP contribution in [0.25, 0.3) is 22.6 Å². The fourth-order valence-corrected chi connectivity index (χ4v) is 3.27. The van der Waals surface area contributed by atoms with E-state index in [9.17, 15) is 14.9 Å². The normalized spacial score (nSPS) is 11.1. The zero-order valence-electron chi connectivity index (χ0n) is 17.4. The van der Waals surface area contributed by atoms with Crippen LogP contribution in [0.1, 0.15) is 41.3 Å². The quantitative estimate of drug-likeness (QED) is 0.314. The largest absolute Gasteiger partial charge is 0.436 e. The number of hydrogen-bond donors (Lipinski definition) is 1. The van der Waals surface area contributed by atoms with Crippen LogP contribution in [0.3, 0.4) is 0 Å². The number of anilines is 1. The Morgan fingerprint density at radius 1 is 1.10 bits per heavy atom. The number of nitro benzene ring substituents is 1. The van der Waals surface area contributed by atoms with Gasteiger partial charge in [-0.3, -0.25) is 14.9 Å². The first-order valence-corrected chi connectivity index (χ1v) is 9.89. The Morgan fingerprint density at radius 2 is 1.90 bits per heavy atom. The number of oxazole rings is 1. The number of benzene rings is 3. The number of hydrogen-bond acceptors (Lipinski definition) is 5. The third-order valence-electron chi connectivity index (χ3n) is 5.13. The zero-order valence-corrected chi connectivity index (χ0v) is 17.4. The van der Waals surface area contributed by atoms with Crippen molar-refractivity contribution in [1.82, 2.24) is 4.98 Å². The molecular weight excluding hydrogens is 394 g/mol. The van der Waals surface area contributed by atoms with Gasteiger partial charge in [-0.05, 0) is 54.3 Å². The van der Waals surface area contributed by atoms with E-state index in [1.54, 1.807) is 6.07 Å². The summed E-state index contributed by atoms with van der Waals surface area (Å²) < 4.78 is 5.92. The minimum Gasteiger partial charge on any atom is -0.436 e. The number of aromatic nitrogens is 1. The third kappa shape index (κ3) is 4.16. The summed E-state index contributed by atoms with van der Waals surface area (Å²) in [7, 11) is 0. The fourth-order valence-electron chi connectivity index (χ4n) is 3.27. The number of carbonyl (C=O) groups is 1. The van der Waals surface area contributed by atoms with Crippen LogP contribution < -0.4 is 5.32 Å². The van der Waals surface area contributed by atoms with Crippen molar-refractivity contribution in [2.45, 2.75) is 26.7 Å². The minimum absolute atomic E-state index is 0.134. The number of nitro groups is 1. The van der Waals surface area contributed by atoms with E-state index in [-0.39, 0.29) is 11.3 Å². The Kier molecular flexibility index (Phi) is 5.25. The van der Waals surface area contributed by atoms with Crippen LogP contribution in [0.5, 0.6) is 0 Å². The van der Waals surface area contributed by atoms with Gasteiger partial charge in [0.2, 0.25) is 5.89 Å². The van der Waals surface area contributed by atoms with Gasteiger partial charge in [-0.2, -0.15) is 0 Å². The van der Waals surface area contributed by atoms with Crippen molar-refractivity contribution in [2.75, 3.05) is 5.32 Å². The summed E-state index contributed by atoms with van der Waals surface area (Å²) in [6, 6.07) is 17.1. The van der Waals surface area contributed by atoms with Crippen molar-refractivity contribution < 1.29 is 14.1 Å². The van der Waals surface area contributed by atoms with Crippen molar-refractivity contribution >= 4 is 28.4 Å². The number of nitrogens with zero attached hydrogens (tertiary/aromatic N) is 2. The van der Waals surface area contributed by atoms with E-state index in [1.165, 1.54) is 29.8 Å². The number of carbonyl (C=O) groups excluding carboxylic acids is 1. The predicted molar refractivity (Wildman–Crippen MR) is 119 cm³/mol. The smallest absolute Gasteiger partial charge is 0.270 e. The van der Waals surface area contributed by atoms with Crippen LogP contribution in [0.4, 0.5) is 11.4 Å². The Labute approximate surface area is 178 Å². The SMILES string of the molecule is Cc1ccc(-c2nc3cc(C(C)C)ccc3o2)cc1NC(=O)c1cccc([N+](=O)[O-])c1. The summed E-state index contributed by atoms with van der Waals surface area (Å²) >= 11 is 0. The Hall–Kier alpha value is -4.00. The second-order valence-corrected chi connectivity index (χ2v) is 7.69. The molecule has 0 unspecified atom stereocenters. The first kappa shape index (κ1) is 20.3. The summed E-state index contributed by atoms with van der Waals surface area (Å²) in [5.41, 5.74) is 4.89. The van der Waals surface area contributed by atoms with Crippen molar-refractivity contribution in [1.29, 1.82) is 0 Å². The lowest BCUT2D eigenvalue weighted by Crippen LogP contribution is -2.13. The highest BCUT2D eigenvalue weighted by Gasteiger charge is 2.15. The topological polar surface area (TPSA) is 98.3 Å². The van der Waals surface area contributed by atoms with E-state index in [2.05, 4.69) is 24.1 Å². The third-order valence-corrected chi connectivity index (χ3v) is 5.13. The van der Waals surface area contributed by atoms with E-state index in [0.717, 1.165) is 16.6 Å². The molecule has 31 heavy (non-hydrogen) atoms. The molecule has 0 saturated carbocycles. The van der Waals surface area contributed by atoms with Crippen molar-refractivity contribution in [3.63, 3.8) is 0 Å². The van der Waals surface area contributed by atoms with E-state index in [0.29, 0.717) is 23.1 Å². The highest BCUT2D eigenvalue weighted by Crippen LogP contribution is 2.30. The predicted octanol–water partition coefficient (Wildman–Crippen LogP) is 6.09. The summed E-state index contributed by atoms with van der Waals surface area (Å²) in [6.45, 7) is 6.12. The van der Waals surface area contributed by atoms with E-state index >= 15 is 0 Å². The molecule has 7 heteroatoms. The van der Waals surface area contributed by atoms with Crippen molar-refractivity contribution in [3.05, 3.63) is 87.5 Å². The van der Waals surface area contributed by atoms with Gasteiger partial charge < -0.3 is 9.73 Å². The maximum Gasteiger partial charge on any atom is 0.270 e. The molecule has 3 aromatic carbocycles. The van der Waals surface area contributed by atoms with Gasteiger partial charge in [0.15, 0.2) is 5.58 Å². The maximum absolute atomic E-state index is 12.7. The zero-order chi connectivity index (χ0) is 22.1. The Balaban J connectivity index is 1.64. The molecule has 4 rings (SSSR count). The molecule has 0 atom stereocenters. The second kappa shape index (κ2) is 8.02. The first-order valence-electron chi connectivity index (χ1n) is 9.89. The van der Waals surface area contributed by atoms with Gasteiger partial charge in [0.25, 0.3) is 11.6 Å². The molecule has 1 N–H and O–H groups in total. The monoisotopic (exact) mass is 415 g/mol. The van der Waals surface area contributed by atoms with Crippen LogP contribution in [0, 0.1) is 17.0 Å². The molecule has 0 spiro atoms. The molecule has 4 aromatic rings. The van der Waals surface area contributed by atoms with Crippen LogP contribution in [-0.4, -0.2) is 15.8 Å². The summed E-state index contributed by atoms with van der Waals surface area (Å²) in [4.78, 5) is 27.7. The van der Waals surface area contributed by atoms with Crippen molar-refractivity contribution in [3.8, 4) is 11.5 Å². The lowest BCUT2D eigenvalue weighted by Gasteiger charge is -2.09. The summed E-state index contributed by atoms with van der Waals surface area (Å²) in [6.07, 6.45) is 0. The molecule has 0 aliphatic heterocycles. The van der Waals surface area contributed by atoms with Crippen LogP contribution in [-0.2, 0) is 0 Å². The molecular formula is C24H21N3O4. The number of nitrogens with one attached hydrogen (secondary N) is 1. The average Bonchev–Trinajstić information content (AvgIpc) is 3.18. The van der Waals surface area contributed by atoms with Gasteiger partial charge in [0.05, 0.1) is 4.92 Å². The van der Waals surface area contributed by atoms with Crippen LogP contribution in [0.2, 0.25) is 0 Å². The van der Waals surface area contributed by atoms with Gasteiger partial charge in [-0.25, -0.2) is 4.98 Å². The number of aryl methyl sites for hydroxylation is 1. The maximum atomic E-state index is 12.7. The molecule has 1 amide bonds. The standard InChI is InChI=1S/C24H21N3O4/c1-14(2)16-9-10-22-21(12-16)26-24(31-22)18-8-7-15(3)20(13-18)25-23(28)17-5-4-6-19(11-17)27(29)30/h4-14H,1-3H3,(H,25,28). The molecule has 0 saturated heterocycles. The highest BCUT2D eigenvalue weighted by molar-refractivity contribution is 6.05. The number of amides is 1. The Morgan fingerprint density at radius 3 is 2.65 bits per heavy atom. The first-order chi connectivity index (χ1) is 14.8. The summed E-state index contributed by atoms with van der Waals surface area (Å²) in [5.74, 6) is 0.421. The molecule has 0 bridgehead atoms. The van der Waals surface area contributed by atoms with E-state index in [4.69, 9.17) is 4.42 Å². The van der Waals surface area contributed by atoms with Gasteiger partial charge in [-0.1, -0.05) is 32.0 Å². The second-order valence-electron chi connectivity index (χ2n) is 7.69. The highest BCUT2D eigenvalue weighted by atomic mass is 16.6. The molecule has 0 radical (unpaired) electrons. The number of rotatable bonds is 5. The van der Waals surface area contributed by atoms with Gasteiger partial charge in [-0.15, -0.1) is 0 Å². The molecule has 1 heterocycles. The fraction of sp³-hybridized carbons (Fsp3) is 0.167.